The molecule has 0 unspecified atom stereocenters. The molecule has 0 aliphatic rings. The van der Waals surface area contributed by atoms with Crippen LogP contribution in [0.2, 0.25) is 0 Å². The van der Waals surface area contributed by atoms with E-state index in [-0.39, 0.29) is 37.7 Å². The van der Waals surface area contributed by atoms with Crippen LogP contribution in [0.4, 0.5) is 0 Å². The summed E-state index contributed by atoms with van der Waals surface area (Å²) in [5.74, 6) is 0. The quantitative estimate of drug-likeness (QED) is 0.527. The third-order valence-corrected chi connectivity index (χ3v) is 1.66. The van der Waals surface area contributed by atoms with Crippen LogP contribution in [0.25, 0.3) is 10.8 Å². The van der Waals surface area contributed by atoms with Gasteiger partial charge in [0, 0.05) is 0 Å². The summed E-state index contributed by atoms with van der Waals surface area (Å²) in [6.07, 6.45) is 0. The summed E-state index contributed by atoms with van der Waals surface area (Å²) in [6.45, 7) is 0. The molecule has 2 aromatic rings. The van der Waals surface area contributed by atoms with Crippen molar-refractivity contribution >= 4 is 48.5 Å². The van der Waals surface area contributed by atoms with Crippen molar-refractivity contribution in [1.82, 2.24) is 0 Å². The van der Waals surface area contributed by atoms with E-state index in [1.807, 2.05) is 0 Å². The van der Waals surface area contributed by atoms with Crippen LogP contribution in [-0.2, 0) is 0 Å². The van der Waals surface area contributed by atoms with E-state index in [9.17, 15) is 0 Å². The van der Waals surface area contributed by atoms with Gasteiger partial charge in [0.25, 0.3) is 0 Å². The molecule has 1 heteroatoms. The smallest absolute Gasteiger partial charge is 0.0184 e. The number of hydrogen-bond acceptors (Lipinski definition) is 0. The maximum atomic E-state index is 2.12. The van der Waals surface area contributed by atoms with Crippen LogP contribution in [0.5, 0.6) is 0 Å². The summed E-state index contributed by atoms with van der Waals surface area (Å²) in [6, 6.07) is 16.7. The predicted molar refractivity (Wildman–Crippen MR) is 52.5 cm³/mol. The number of fused-ring (bicyclic) bond motifs is 1. The molecule has 0 atom stereocenters. The molecular weight excluding hydrogens is 158 g/mol. The van der Waals surface area contributed by atoms with Crippen LogP contribution in [0, 0.1) is 0 Å². The molecule has 0 saturated heterocycles. The van der Waals surface area contributed by atoms with Crippen molar-refractivity contribution in [2.24, 2.45) is 0 Å². The third-order valence-electron chi connectivity index (χ3n) is 1.66. The van der Waals surface area contributed by atoms with E-state index in [0.717, 1.165) is 0 Å². The molecule has 0 fully saturated rings. The van der Waals surface area contributed by atoms with Gasteiger partial charge in [-0.05, 0) is 10.8 Å². The zero-order valence-electron chi connectivity index (χ0n) is 5.62. The molecule has 52 valence electrons. The van der Waals surface area contributed by atoms with Gasteiger partial charge in [-0.3, -0.25) is 0 Å². The van der Waals surface area contributed by atoms with Gasteiger partial charge in [0.1, 0.15) is 0 Å². The summed E-state index contributed by atoms with van der Waals surface area (Å²) in [5.41, 5.74) is 0. The first kappa shape index (κ1) is 9.05. The maximum Gasteiger partial charge on any atom is -0.0184 e. The van der Waals surface area contributed by atoms with Gasteiger partial charge in [0.05, 0.1) is 0 Å². The molecule has 2 aromatic carbocycles. The van der Waals surface area contributed by atoms with Crippen LogP contribution in [0.3, 0.4) is 0 Å². The first-order valence-corrected chi connectivity index (χ1v) is 3.40. The Balaban J connectivity index is 0.000000605. The average Bonchev–Trinajstić information content (AvgIpc) is 2.05. The second kappa shape index (κ2) is 4.10. The van der Waals surface area contributed by atoms with E-state index in [4.69, 9.17) is 0 Å². The fourth-order valence-corrected chi connectivity index (χ4v) is 1.13. The fraction of sp³-hybridized carbons (Fsp3) is 0. The first-order valence-electron chi connectivity index (χ1n) is 3.40. The predicted octanol–water partition coefficient (Wildman–Crippen LogP) is 1.92. The van der Waals surface area contributed by atoms with Gasteiger partial charge in [-0.2, -0.15) is 0 Å². The number of hydrogen-bond donors (Lipinski definition) is 0. The van der Waals surface area contributed by atoms with E-state index in [2.05, 4.69) is 48.5 Å². The van der Waals surface area contributed by atoms with Crippen LogP contribution in [0.15, 0.2) is 48.5 Å². The SMILES string of the molecule is [38CaH2].c1ccc2ccccc2c1. The maximum absolute atomic E-state index is 2.12. The molecule has 0 bridgehead atoms. The van der Waals surface area contributed by atoms with Crippen molar-refractivity contribution in [2.45, 2.75) is 0 Å². The fourth-order valence-electron chi connectivity index (χ4n) is 1.13. The topological polar surface area (TPSA) is 0 Å². The van der Waals surface area contributed by atoms with E-state index in [0.29, 0.717) is 0 Å². The van der Waals surface area contributed by atoms with Gasteiger partial charge in [-0.25, -0.2) is 0 Å². The molecule has 11 heavy (non-hydrogen) atoms. The Labute approximate surface area is 96.2 Å². The molecule has 0 spiro atoms. The van der Waals surface area contributed by atoms with Gasteiger partial charge in [-0.1, -0.05) is 48.5 Å². The molecule has 0 amide bonds. The van der Waals surface area contributed by atoms with Crippen LogP contribution in [-0.4, -0.2) is 37.7 Å². The molecule has 0 nitrogen and oxygen atoms in total. The Hall–Kier alpha value is -0.0403. The van der Waals surface area contributed by atoms with Gasteiger partial charge in [-0.15, -0.1) is 0 Å². The number of rotatable bonds is 0. The van der Waals surface area contributed by atoms with Crippen molar-refractivity contribution in [3.63, 3.8) is 0 Å². The monoisotopic (exact) mass is 168 g/mol. The second-order valence-corrected chi connectivity index (χ2v) is 2.35. The normalized spacial score (nSPS) is 9.09. The minimum atomic E-state index is 0. The van der Waals surface area contributed by atoms with E-state index in [1.54, 1.807) is 0 Å². The Bertz CT molecular complexity index is 276. The molecular formula is C10H10Ca. The van der Waals surface area contributed by atoms with Gasteiger partial charge in [0.2, 0.25) is 0 Å². The second-order valence-electron chi connectivity index (χ2n) is 2.35. The molecule has 0 heterocycles. The zero-order valence-corrected chi connectivity index (χ0v) is 5.62. The molecule has 0 N–H and O–H groups in total. The minimum Gasteiger partial charge on any atom is -0.0616 e. The summed E-state index contributed by atoms with van der Waals surface area (Å²) in [4.78, 5) is 0. The molecule has 0 saturated carbocycles. The largest absolute Gasteiger partial charge is 0.0616 e. The number of benzene rings is 2. The molecule has 0 aliphatic carbocycles. The van der Waals surface area contributed by atoms with Crippen molar-refractivity contribution < 1.29 is 0 Å². The summed E-state index contributed by atoms with van der Waals surface area (Å²) >= 11 is 0. The Kier molecular flexibility index (Phi) is 3.38. The van der Waals surface area contributed by atoms with Gasteiger partial charge >= 0.3 is 37.7 Å². The standard InChI is InChI=1S/C10H8.Ca.2H/c1-2-6-10-8-4-3-7-9(10)5-1;;;/h1-8H;;;/i;1-2;;. The summed E-state index contributed by atoms with van der Waals surface area (Å²) < 4.78 is 0. The summed E-state index contributed by atoms with van der Waals surface area (Å²) in [5, 5.41) is 2.62. The van der Waals surface area contributed by atoms with Crippen LogP contribution >= 0.6 is 0 Å². The minimum absolute atomic E-state index is 0. The molecule has 2 rings (SSSR count). The van der Waals surface area contributed by atoms with Crippen molar-refractivity contribution in [3.8, 4) is 0 Å². The van der Waals surface area contributed by atoms with Crippen molar-refractivity contribution in [1.29, 1.82) is 0 Å². The van der Waals surface area contributed by atoms with E-state index in [1.165, 1.54) is 10.8 Å². The third kappa shape index (κ3) is 1.96. The summed E-state index contributed by atoms with van der Waals surface area (Å²) in [7, 11) is 0. The zero-order chi connectivity index (χ0) is 6.81. The van der Waals surface area contributed by atoms with Crippen molar-refractivity contribution in [3.05, 3.63) is 48.5 Å². The first-order chi connectivity index (χ1) is 4.97. The van der Waals surface area contributed by atoms with Crippen molar-refractivity contribution in [2.75, 3.05) is 0 Å². The Morgan fingerprint density at radius 2 is 0.818 bits per heavy atom. The van der Waals surface area contributed by atoms with Crippen LogP contribution < -0.4 is 0 Å². The molecule has 0 aliphatic heterocycles. The Morgan fingerprint density at radius 3 is 1.09 bits per heavy atom. The molecule has 0 radical (unpaired) electrons. The van der Waals surface area contributed by atoms with Gasteiger partial charge in [0.15, 0.2) is 0 Å². The Morgan fingerprint density at radius 1 is 0.545 bits per heavy atom. The molecule has 0 aromatic heterocycles. The van der Waals surface area contributed by atoms with Crippen LogP contribution in [0.1, 0.15) is 0 Å². The van der Waals surface area contributed by atoms with Gasteiger partial charge < -0.3 is 0 Å². The average molecular weight is 168 g/mol. The van der Waals surface area contributed by atoms with E-state index >= 15 is 0 Å². The van der Waals surface area contributed by atoms with E-state index < -0.39 is 0 Å².